The molecule has 0 amide bonds. The first kappa shape index (κ1) is 14.6. The van der Waals surface area contributed by atoms with Crippen LogP contribution in [0.25, 0.3) is 5.57 Å². The van der Waals surface area contributed by atoms with E-state index in [1.54, 1.807) is 13.0 Å². The molecule has 1 aliphatic rings. The Balaban J connectivity index is 2.88. The normalized spacial score (nSPS) is 22.2. The van der Waals surface area contributed by atoms with Gasteiger partial charge in [-0.05, 0) is 43.0 Å². The third-order valence-electron chi connectivity index (χ3n) is 3.83. The topological polar surface area (TPSA) is 66.8 Å². The number of carbonyl (C=O) groups is 1. The average Bonchev–Trinajstić information content (AvgIpc) is 2.36. The largest absolute Gasteiger partial charge is 0.508 e. The Morgan fingerprint density at radius 1 is 1.30 bits per heavy atom. The molecule has 4 nitrogen and oxygen atoms in total. The number of phenols is 1. The summed E-state index contributed by atoms with van der Waals surface area (Å²) >= 11 is 0. The Labute approximate surface area is 118 Å². The summed E-state index contributed by atoms with van der Waals surface area (Å²) in [6.07, 6.45) is 0. The van der Waals surface area contributed by atoms with Crippen molar-refractivity contribution in [1.82, 2.24) is 0 Å². The highest BCUT2D eigenvalue weighted by Gasteiger charge is 2.44. The molecule has 0 saturated carbocycles. The maximum atomic E-state index is 12.4. The lowest BCUT2D eigenvalue weighted by Crippen LogP contribution is -2.39. The summed E-state index contributed by atoms with van der Waals surface area (Å²) in [5.74, 6) is -0.143. The molecule has 0 aliphatic heterocycles. The molecule has 0 aromatic heterocycles. The molecule has 1 aromatic carbocycles. The quantitative estimate of drug-likeness (QED) is 0.871. The first-order valence-electron chi connectivity index (χ1n) is 6.61. The summed E-state index contributed by atoms with van der Waals surface area (Å²) in [5, 5.41) is 20.4. The number of hydrogen-bond donors (Lipinski definition) is 2. The molecule has 0 radical (unpaired) electrons. The molecule has 2 rings (SSSR count). The Morgan fingerprint density at radius 3 is 2.40 bits per heavy atom. The number of benzene rings is 1. The zero-order chi connectivity index (χ0) is 15.2. The number of hydrogen-bond acceptors (Lipinski definition) is 4. The smallest absolute Gasteiger partial charge is 0.233 e. The van der Waals surface area contributed by atoms with Crippen LogP contribution in [0.15, 0.2) is 17.9 Å². The third kappa shape index (κ3) is 1.91. The highest BCUT2D eigenvalue weighted by atomic mass is 16.5. The highest BCUT2D eigenvalue weighted by Crippen LogP contribution is 2.44. The number of phenolic OH excluding ortho intramolecular Hbond substituents is 1. The number of aliphatic hydroxyl groups is 1. The molecule has 0 spiro atoms. The van der Waals surface area contributed by atoms with E-state index in [1.165, 1.54) is 20.1 Å². The minimum atomic E-state index is -1.69. The Bertz CT molecular complexity index is 609. The molecule has 1 unspecified atom stereocenters. The molecule has 0 bridgehead atoms. The lowest BCUT2D eigenvalue weighted by Gasteiger charge is -2.33. The van der Waals surface area contributed by atoms with Gasteiger partial charge in [-0.3, -0.25) is 4.79 Å². The number of carbonyl (C=O) groups excluding carboxylic acids is 1. The van der Waals surface area contributed by atoms with Crippen molar-refractivity contribution < 1.29 is 19.7 Å². The van der Waals surface area contributed by atoms with Crippen molar-refractivity contribution in [3.8, 4) is 5.75 Å². The molecule has 0 fully saturated rings. The van der Waals surface area contributed by atoms with Crippen LogP contribution in [-0.4, -0.2) is 23.1 Å². The van der Waals surface area contributed by atoms with Crippen LogP contribution in [0.1, 0.15) is 37.5 Å². The Morgan fingerprint density at radius 2 is 1.90 bits per heavy atom. The van der Waals surface area contributed by atoms with E-state index in [9.17, 15) is 15.0 Å². The van der Waals surface area contributed by atoms with Gasteiger partial charge in [0, 0.05) is 11.1 Å². The van der Waals surface area contributed by atoms with Gasteiger partial charge in [0.15, 0.2) is 11.4 Å². The molecule has 108 valence electrons. The molecule has 1 aromatic rings. The van der Waals surface area contributed by atoms with E-state index in [0.717, 1.165) is 11.1 Å². The number of ketones is 1. The Hall–Kier alpha value is -1.81. The van der Waals surface area contributed by atoms with Gasteiger partial charge < -0.3 is 14.9 Å². The minimum Gasteiger partial charge on any atom is -0.508 e. The summed E-state index contributed by atoms with van der Waals surface area (Å²) in [4.78, 5) is 12.4. The maximum Gasteiger partial charge on any atom is 0.233 e. The molecular formula is C16H20O4. The van der Waals surface area contributed by atoms with Crippen LogP contribution in [0.5, 0.6) is 5.75 Å². The minimum absolute atomic E-state index is 0.0627. The molecular weight excluding hydrogens is 256 g/mol. The van der Waals surface area contributed by atoms with E-state index in [1.807, 2.05) is 13.8 Å². The fourth-order valence-corrected chi connectivity index (χ4v) is 2.69. The van der Waals surface area contributed by atoms with Crippen LogP contribution < -0.4 is 0 Å². The van der Waals surface area contributed by atoms with Crippen LogP contribution in [0.2, 0.25) is 0 Å². The van der Waals surface area contributed by atoms with Gasteiger partial charge in [-0.15, -0.1) is 0 Å². The average molecular weight is 276 g/mol. The van der Waals surface area contributed by atoms with Crippen molar-refractivity contribution in [2.45, 2.75) is 33.3 Å². The fraction of sp³-hybridized carbons (Fsp3) is 0.438. The zero-order valence-electron chi connectivity index (χ0n) is 12.4. The zero-order valence-corrected chi connectivity index (χ0v) is 12.4. The molecule has 2 N–H and O–H groups in total. The third-order valence-corrected chi connectivity index (χ3v) is 3.83. The van der Waals surface area contributed by atoms with Gasteiger partial charge in [0.05, 0.1) is 7.11 Å². The number of methoxy groups -OCH3 is 1. The molecule has 1 atom stereocenters. The number of allylic oxidation sites excluding steroid dienone is 1. The van der Waals surface area contributed by atoms with Gasteiger partial charge >= 0.3 is 0 Å². The highest BCUT2D eigenvalue weighted by molar-refractivity contribution is 6.10. The molecule has 20 heavy (non-hydrogen) atoms. The predicted octanol–water partition coefficient (Wildman–Crippen LogP) is 2.50. The van der Waals surface area contributed by atoms with Gasteiger partial charge in [0.2, 0.25) is 5.78 Å². The van der Waals surface area contributed by atoms with Crippen molar-refractivity contribution in [2.24, 2.45) is 5.92 Å². The molecule has 0 saturated heterocycles. The second kappa shape index (κ2) is 4.63. The Kier molecular flexibility index (Phi) is 3.38. The number of ether oxygens (including phenoxy) is 1. The van der Waals surface area contributed by atoms with Crippen LogP contribution in [0.4, 0.5) is 0 Å². The van der Waals surface area contributed by atoms with Crippen LogP contribution in [0, 0.1) is 12.8 Å². The van der Waals surface area contributed by atoms with E-state index in [-0.39, 0.29) is 17.4 Å². The summed E-state index contributed by atoms with van der Waals surface area (Å²) < 4.78 is 5.25. The van der Waals surface area contributed by atoms with Crippen molar-refractivity contribution in [3.63, 3.8) is 0 Å². The monoisotopic (exact) mass is 276 g/mol. The standard InChI is InChI=1S/C16H20O4/c1-8(2)13-10-6-9(3)12(17)7-11(10)16(4,19)15(18)14(13)20-5/h6-8,17,19H,1-5H3. The molecule has 1 aliphatic carbocycles. The first-order chi connectivity index (χ1) is 9.21. The molecule has 4 heteroatoms. The SMILES string of the molecule is COC1=C(C(C)C)c2cc(C)c(O)cc2C(C)(O)C1=O. The van der Waals surface area contributed by atoms with Gasteiger partial charge in [-0.2, -0.15) is 0 Å². The predicted molar refractivity (Wildman–Crippen MR) is 76.2 cm³/mol. The summed E-state index contributed by atoms with van der Waals surface area (Å²) in [6.45, 7) is 7.14. The molecule has 0 heterocycles. The van der Waals surface area contributed by atoms with Gasteiger partial charge in [-0.25, -0.2) is 0 Å². The number of aromatic hydroxyl groups is 1. The van der Waals surface area contributed by atoms with E-state index in [0.29, 0.717) is 11.1 Å². The summed E-state index contributed by atoms with van der Waals surface area (Å²) in [5.41, 5.74) is 0.959. The lowest BCUT2D eigenvalue weighted by atomic mass is 9.75. The van der Waals surface area contributed by atoms with Crippen molar-refractivity contribution >= 4 is 11.4 Å². The fourth-order valence-electron chi connectivity index (χ4n) is 2.69. The van der Waals surface area contributed by atoms with E-state index in [2.05, 4.69) is 0 Å². The second-order valence-corrected chi connectivity index (χ2v) is 5.69. The van der Waals surface area contributed by atoms with Gasteiger partial charge in [0.1, 0.15) is 5.75 Å². The van der Waals surface area contributed by atoms with E-state index >= 15 is 0 Å². The van der Waals surface area contributed by atoms with Crippen molar-refractivity contribution in [1.29, 1.82) is 0 Å². The van der Waals surface area contributed by atoms with Crippen molar-refractivity contribution in [3.05, 3.63) is 34.6 Å². The number of rotatable bonds is 2. The van der Waals surface area contributed by atoms with Crippen LogP contribution in [0.3, 0.4) is 0 Å². The lowest BCUT2D eigenvalue weighted by molar-refractivity contribution is -0.136. The second-order valence-electron chi connectivity index (χ2n) is 5.69. The summed E-state index contributed by atoms with van der Waals surface area (Å²) in [6, 6.07) is 3.26. The number of fused-ring (bicyclic) bond motifs is 1. The van der Waals surface area contributed by atoms with Crippen molar-refractivity contribution in [2.75, 3.05) is 7.11 Å². The van der Waals surface area contributed by atoms with Crippen LogP contribution >= 0.6 is 0 Å². The van der Waals surface area contributed by atoms with E-state index < -0.39 is 11.4 Å². The summed E-state index contributed by atoms with van der Waals surface area (Å²) in [7, 11) is 1.43. The van der Waals surface area contributed by atoms with Gasteiger partial charge in [-0.1, -0.05) is 13.8 Å². The van der Waals surface area contributed by atoms with Gasteiger partial charge in [0.25, 0.3) is 0 Å². The van der Waals surface area contributed by atoms with E-state index in [4.69, 9.17) is 4.74 Å². The first-order valence-corrected chi connectivity index (χ1v) is 6.61. The maximum absolute atomic E-state index is 12.4. The van der Waals surface area contributed by atoms with Crippen LogP contribution in [-0.2, 0) is 15.1 Å². The number of Topliss-reactive ketones (excluding diaryl/α,β-unsaturated/α-hetero) is 1. The number of aryl methyl sites for hydroxylation is 1.